The zero-order valence-electron chi connectivity index (χ0n) is 16.0. The lowest BCUT2D eigenvalue weighted by molar-refractivity contribution is -0.121. The first-order chi connectivity index (χ1) is 14.2. The highest BCUT2D eigenvalue weighted by atomic mass is 16.5. The van der Waals surface area contributed by atoms with Crippen molar-refractivity contribution in [2.45, 2.75) is 5.92 Å². The van der Waals surface area contributed by atoms with E-state index >= 15 is 0 Å². The number of amides is 1. The van der Waals surface area contributed by atoms with Crippen LogP contribution in [0.3, 0.4) is 0 Å². The van der Waals surface area contributed by atoms with E-state index in [0.717, 1.165) is 22.1 Å². The Morgan fingerprint density at radius 2 is 1.79 bits per heavy atom. The SMILES string of the molecule is COCCOc1ccc(/C=N\NC(=O)[C@H](C#N)c2ccccc2)c2ccccc12. The van der Waals surface area contributed by atoms with Crippen molar-refractivity contribution >= 4 is 22.9 Å². The summed E-state index contributed by atoms with van der Waals surface area (Å²) in [5, 5.41) is 15.3. The standard InChI is InChI=1S/C23H21N3O3/c1-28-13-14-29-22-12-11-18(19-9-5-6-10-20(19)22)16-25-26-23(27)21(15-24)17-7-3-2-4-8-17/h2-12,16,21H,13-14H2,1H3,(H,26,27)/b25-16-/t21-/m1/s1. The van der Waals surface area contributed by atoms with Crippen LogP contribution in [0.15, 0.2) is 71.8 Å². The smallest absolute Gasteiger partial charge is 0.261 e. The van der Waals surface area contributed by atoms with Crippen LogP contribution < -0.4 is 10.2 Å². The first-order valence-electron chi connectivity index (χ1n) is 9.15. The van der Waals surface area contributed by atoms with Gasteiger partial charge in [-0.25, -0.2) is 5.43 Å². The molecule has 1 amide bonds. The van der Waals surface area contributed by atoms with Gasteiger partial charge in [0, 0.05) is 18.1 Å². The van der Waals surface area contributed by atoms with Gasteiger partial charge in [-0.15, -0.1) is 0 Å². The number of nitrogens with zero attached hydrogens (tertiary/aromatic N) is 2. The van der Waals surface area contributed by atoms with Gasteiger partial charge >= 0.3 is 0 Å². The van der Waals surface area contributed by atoms with Crippen LogP contribution in [-0.2, 0) is 9.53 Å². The number of hydrogen-bond acceptors (Lipinski definition) is 5. The topological polar surface area (TPSA) is 83.7 Å². The van der Waals surface area contributed by atoms with Gasteiger partial charge in [0.25, 0.3) is 5.91 Å². The van der Waals surface area contributed by atoms with Crippen LogP contribution in [0, 0.1) is 11.3 Å². The fourth-order valence-electron chi connectivity index (χ4n) is 2.93. The summed E-state index contributed by atoms with van der Waals surface area (Å²) in [6.45, 7) is 0.962. The van der Waals surface area contributed by atoms with Crippen molar-refractivity contribution < 1.29 is 14.3 Å². The molecule has 0 bridgehead atoms. The number of carbonyl (C=O) groups is 1. The number of fused-ring (bicyclic) bond motifs is 1. The quantitative estimate of drug-likeness (QED) is 0.363. The molecule has 0 fully saturated rings. The number of carbonyl (C=O) groups excluding carboxylic acids is 1. The van der Waals surface area contributed by atoms with Crippen LogP contribution >= 0.6 is 0 Å². The molecule has 6 heteroatoms. The average Bonchev–Trinajstić information content (AvgIpc) is 2.76. The maximum Gasteiger partial charge on any atom is 0.261 e. The Bertz CT molecular complexity index is 1040. The summed E-state index contributed by atoms with van der Waals surface area (Å²) in [5.74, 6) is -0.632. The highest BCUT2D eigenvalue weighted by Crippen LogP contribution is 2.27. The molecule has 0 spiro atoms. The molecule has 6 nitrogen and oxygen atoms in total. The van der Waals surface area contributed by atoms with Gasteiger partial charge in [-0.1, -0.05) is 54.6 Å². The summed E-state index contributed by atoms with van der Waals surface area (Å²) in [7, 11) is 1.63. The zero-order valence-corrected chi connectivity index (χ0v) is 16.0. The van der Waals surface area contributed by atoms with Crippen molar-refractivity contribution in [2.75, 3.05) is 20.3 Å². The Hall–Kier alpha value is -3.69. The van der Waals surface area contributed by atoms with Crippen LogP contribution in [0.1, 0.15) is 17.0 Å². The summed E-state index contributed by atoms with van der Waals surface area (Å²) in [6, 6.07) is 22.4. The van der Waals surface area contributed by atoms with E-state index in [1.807, 2.05) is 48.5 Å². The molecule has 0 aliphatic rings. The molecule has 0 aromatic heterocycles. The first-order valence-corrected chi connectivity index (χ1v) is 9.15. The van der Waals surface area contributed by atoms with Crippen molar-refractivity contribution in [1.29, 1.82) is 5.26 Å². The van der Waals surface area contributed by atoms with Crippen LogP contribution in [0.2, 0.25) is 0 Å². The molecular weight excluding hydrogens is 366 g/mol. The van der Waals surface area contributed by atoms with Crippen molar-refractivity contribution in [3.63, 3.8) is 0 Å². The molecule has 146 valence electrons. The molecule has 0 saturated carbocycles. The Morgan fingerprint density at radius 3 is 2.52 bits per heavy atom. The van der Waals surface area contributed by atoms with E-state index in [1.165, 1.54) is 0 Å². The molecule has 0 heterocycles. The molecule has 3 aromatic rings. The highest BCUT2D eigenvalue weighted by molar-refractivity contribution is 6.02. The van der Waals surface area contributed by atoms with Gasteiger partial charge in [-0.05, 0) is 23.1 Å². The van der Waals surface area contributed by atoms with Crippen LogP contribution in [-0.4, -0.2) is 32.4 Å². The molecule has 3 rings (SSSR count). The van der Waals surface area contributed by atoms with E-state index in [1.54, 1.807) is 37.6 Å². The molecule has 29 heavy (non-hydrogen) atoms. The van der Waals surface area contributed by atoms with Crippen molar-refractivity contribution in [3.8, 4) is 11.8 Å². The number of benzene rings is 3. The second-order valence-corrected chi connectivity index (χ2v) is 6.25. The minimum atomic E-state index is -0.915. The number of hydrazone groups is 1. The van der Waals surface area contributed by atoms with E-state index in [9.17, 15) is 10.1 Å². The number of rotatable bonds is 8. The lowest BCUT2D eigenvalue weighted by Gasteiger charge is -2.11. The summed E-state index contributed by atoms with van der Waals surface area (Å²) < 4.78 is 10.8. The Morgan fingerprint density at radius 1 is 1.07 bits per heavy atom. The number of methoxy groups -OCH3 is 1. The molecule has 1 N–H and O–H groups in total. The van der Waals surface area contributed by atoms with Crippen LogP contribution in [0.5, 0.6) is 5.75 Å². The number of ether oxygens (including phenoxy) is 2. The highest BCUT2D eigenvalue weighted by Gasteiger charge is 2.19. The second-order valence-electron chi connectivity index (χ2n) is 6.25. The van der Waals surface area contributed by atoms with Crippen LogP contribution in [0.4, 0.5) is 0 Å². The molecule has 0 aliphatic carbocycles. The lowest BCUT2D eigenvalue weighted by atomic mass is 10.0. The van der Waals surface area contributed by atoms with Crippen molar-refractivity contribution in [3.05, 3.63) is 77.9 Å². The fourth-order valence-corrected chi connectivity index (χ4v) is 2.93. The van der Waals surface area contributed by atoms with Gasteiger partial charge in [0.05, 0.1) is 18.9 Å². The van der Waals surface area contributed by atoms with Gasteiger partial charge in [-0.2, -0.15) is 10.4 Å². The molecule has 0 unspecified atom stereocenters. The minimum Gasteiger partial charge on any atom is -0.491 e. The van der Waals surface area contributed by atoms with Gasteiger partial charge < -0.3 is 9.47 Å². The Balaban J connectivity index is 1.76. The third-order valence-electron chi connectivity index (χ3n) is 4.37. The Kier molecular flexibility index (Phi) is 6.93. The molecule has 0 aliphatic heterocycles. The van der Waals surface area contributed by atoms with E-state index in [0.29, 0.717) is 18.8 Å². The summed E-state index contributed by atoms with van der Waals surface area (Å²) in [6.07, 6.45) is 1.57. The fraction of sp³-hybridized carbons (Fsp3) is 0.174. The number of nitriles is 1. The van der Waals surface area contributed by atoms with Crippen LogP contribution in [0.25, 0.3) is 10.8 Å². The summed E-state index contributed by atoms with van der Waals surface area (Å²) >= 11 is 0. The normalized spacial score (nSPS) is 11.9. The summed E-state index contributed by atoms with van der Waals surface area (Å²) in [4.78, 5) is 12.4. The van der Waals surface area contributed by atoms with Crippen molar-refractivity contribution in [2.24, 2.45) is 5.10 Å². The van der Waals surface area contributed by atoms with Gasteiger partial charge in [0.1, 0.15) is 12.4 Å². The van der Waals surface area contributed by atoms with Gasteiger partial charge in [0.15, 0.2) is 5.92 Å². The maximum absolute atomic E-state index is 12.4. The predicted molar refractivity (Wildman–Crippen MR) is 112 cm³/mol. The zero-order chi connectivity index (χ0) is 20.5. The van der Waals surface area contributed by atoms with Crippen molar-refractivity contribution in [1.82, 2.24) is 5.43 Å². The Labute approximate surface area is 169 Å². The molecule has 1 atom stereocenters. The third kappa shape index (κ3) is 4.98. The summed E-state index contributed by atoms with van der Waals surface area (Å²) in [5.41, 5.74) is 3.92. The second kappa shape index (κ2) is 10.0. The molecule has 0 radical (unpaired) electrons. The number of nitrogens with one attached hydrogen (secondary N) is 1. The maximum atomic E-state index is 12.4. The van der Waals surface area contributed by atoms with E-state index < -0.39 is 11.8 Å². The average molecular weight is 387 g/mol. The third-order valence-corrected chi connectivity index (χ3v) is 4.37. The monoisotopic (exact) mass is 387 g/mol. The van der Waals surface area contributed by atoms with E-state index in [2.05, 4.69) is 10.5 Å². The minimum absolute atomic E-state index is 0.457. The first kappa shape index (κ1) is 20.1. The van der Waals surface area contributed by atoms with E-state index in [-0.39, 0.29) is 0 Å². The molecule has 0 saturated heterocycles. The number of hydrogen-bond donors (Lipinski definition) is 1. The van der Waals surface area contributed by atoms with E-state index in [4.69, 9.17) is 9.47 Å². The van der Waals surface area contributed by atoms with Gasteiger partial charge in [-0.3, -0.25) is 4.79 Å². The molecule has 3 aromatic carbocycles. The lowest BCUT2D eigenvalue weighted by Crippen LogP contribution is -2.24. The van der Waals surface area contributed by atoms with Gasteiger partial charge in [0.2, 0.25) is 0 Å². The predicted octanol–water partition coefficient (Wildman–Crippen LogP) is 3.62. The largest absolute Gasteiger partial charge is 0.491 e. The molecular formula is C23H21N3O3.